The van der Waals surface area contributed by atoms with Crippen LogP contribution in [0.4, 0.5) is 21.5 Å². The van der Waals surface area contributed by atoms with Gasteiger partial charge in [-0.2, -0.15) is 0 Å². The van der Waals surface area contributed by atoms with Crippen LogP contribution in [-0.4, -0.2) is 48.3 Å². The summed E-state index contributed by atoms with van der Waals surface area (Å²) < 4.78 is 13.2. The fraction of sp³-hybridized carbons (Fsp3) is 0.318. The molecule has 1 heterocycles. The second-order valence-corrected chi connectivity index (χ2v) is 7.99. The average molecular weight is 447 g/mol. The molecular weight excluding hydrogens is 423 g/mol. The first-order valence-electron chi connectivity index (χ1n) is 9.84. The van der Waals surface area contributed by atoms with Crippen LogP contribution in [0.25, 0.3) is 0 Å². The van der Waals surface area contributed by atoms with Crippen molar-refractivity contribution in [2.75, 3.05) is 29.1 Å². The third-order valence-electron chi connectivity index (χ3n) is 5.24. The van der Waals surface area contributed by atoms with Crippen LogP contribution in [0.15, 0.2) is 42.5 Å². The van der Waals surface area contributed by atoms with Crippen molar-refractivity contribution < 1.29 is 18.8 Å². The fourth-order valence-electron chi connectivity index (χ4n) is 3.42. The lowest BCUT2D eigenvalue weighted by atomic mass is 10.1. The zero-order valence-corrected chi connectivity index (χ0v) is 18.2. The molecule has 164 valence electrons. The Hall–Kier alpha value is -2.97. The molecule has 0 bridgehead atoms. The van der Waals surface area contributed by atoms with Gasteiger partial charge in [0.05, 0.1) is 34.7 Å². The number of hydrogen-bond acceptors (Lipinski definition) is 4. The minimum absolute atomic E-state index is 0.0431. The first kappa shape index (κ1) is 22.7. The zero-order valence-electron chi connectivity index (χ0n) is 17.5. The van der Waals surface area contributed by atoms with Crippen LogP contribution < -0.4 is 15.5 Å². The highest BCUT2D eigenvalue weighted by molar-refractivity contribution is 6.33. The Labute approximate surface area is 185 Å². The maximum Gasteiger partial charge on any atom is 0.241 e. The van der Waals surface area contributed by atoms with Crippen LogP contribution in [0.1, 0.15) is 20.3 Å². The van der Waals surface area contributed by atoms with Crippen molar-refractivity contribution in [1.29, 1.82) is 0 Å². The lowest BCUT2D eigenvalue weighted by Gasteiger charge is -2.31. The standard InChI is InChI=1S/C22H24ClFN4O3/c1-13-10-20(29)25-18-6-4-5-7-19(18)28(13)21(30)12-27(3)14(2)22(31)26-17-9-8-15(24)11-16(17)23/h4-9,11,13-14H,10,12H2,1-3H3,(H,25,29)(H,26,31)/t13-,14+/m0/s1. The number of carbonyl (C=O) groups is 3. The number of anilines is 3. The highest BCUT2D eigenvalue weighted by atomic mass is 35.5. The summed E-state index contributed by atoms with van der Waals surface area (Å²) in [5.74, 6) is -1.28. The number of fused-ring (bicyclic) bond motifs is 1. The number of amides is 3. The zero-order chi connectivity index (χ0) is 22.7. The Kier molecular flexibility index (Phi) is 6.92. The van der Waals surface area contributed by atoms with E-state index >= 15 is 0 Å². The minimum atomic E-state index is -0.664. The molecule has 3 rings (SSSR count). The normalized spacial score (nSPS) is 16.9. The maximum absolute atomic E-state index is 13.2. The second-order valence-electron chi connectivity index (χ2n) is 7.59. The molecule has 2 aromatic carbocycles. The Bertz CT molecular complexity index is 1020. The van der Waals surface area contributed by atoms with Crippen LogP contribution in [0, 0.1) is 5.82 Å². The van der Waals surface area contributed by atoms with Gasteiger partial charge in [0, 0.05) is 12.5 Å². The van der Waals surface area contributed by atoms with Crippen LogP contribution in [0.2, 0.25) is 5.02 Å². The van der Waals surface area contributed by atoms with E-state index in [4.69, 9.17) is 11.6 Å². The van der Waals surface area contributed by atoms with Crippen molar-refractivity contribution in [3.8, 4) is 0 Å². The topological polar surface area (TPSA) is 81.8 Å². The molecule has 2 N–H and O–H groups in total. The number of hydrogen-bond donors (Lipinski definition) is 2. The van der Waals surface area contributed by atoms with Gasteiger partial charge in [0.2, 0.25) is 17.7 Å². The number of halogens is 2. The van der Waals surface area contributed by atoms with E-state index < -0.39 is 11.9 Å². The maximum atomic E-state index is 13.2. The fourth-order valence-corrected chi connectivity index (χ4v) is 3.64. The van der Waals surface area contributed by atoms with Gasteiger partial charge in [0.25, 0.3) is 0 Å². The highest BCUT2D eigenvalue weighted by Gasteiger charge is 2.31. The van der Waals surface area contributed by atoms with Crippen LogP contribution in [-0.2, 0) is 14.4 Å². The molecule has 0 aromatic heterocycles. The molecule has 7 nitrogen and oxygen atoms in total. The number of nitrogens with one attached hydrogen (secondary N) is 2. The highest BCUT2D eigenvalue weighted by Crippen LogP contribution is 2.31. The van der Waals surface area contributed by atoms with E-state index in [1.54, 1.807) is 48.0 Å². The van der Waals surface area contributed by atoms with Crippen molar-refractivity contribution in [2.24, 2.45) is 0 Å². The lowest BCUT2D eigenvalue weighted by molar-refractivity contribution is -0.123. The molecule has 0 saturated carbocycles. The van der Waals surface area contributed by atoms with Gasteiger partial charge in [-0.1, -0.05) is 23.7 Å². The lowest BCUT2D eigenvalue weighted by Crippen LogP contribution is -2.48. The molecule has 0 radical (unpaired) electrons. The van der Waals surface area contributed by atoms with Gasteiger partial charge in [0.15, 0.2) is 0 Å². The Morgan fingerprint density at radius 3 is 2.74 bits per heavy atom. The number of carbonyl (C=O) groups excluding carboxylic acids is 3. The molecular formula is C22H24ClFN4O3. The molecule has 31 heavy (non-hydrogen) atoms. The van der Waals surface area contributed by atoms with Crippen molar-refractivity contribution >= 4 is 46.4 Å². The molecule has 0 spiro atoms. The van der Waals surface area contributed by atoms with Crippen LogP contribution in [0.5, 0.6) is 0 Å². The molecule has 0 aliphatic carbocycles. The van der Waals surface area contributed by atoms with Gasteiger partial charge in [-0.15, -0.1) is 0 Å². The first-order chi connectivity index (χ1) is 14.7. The van der Waals surface area contributed by atoms with Gasteiger partial charge < -0.3 is 15.5 Å². The number of para-hydroxylation sites is 2. The summed E-state index contributed by atoms with van der Waals surface area (Å²) in [4.78, 5) is 41.1. The summed E-state index contributed by atoms with van der Waals surface area (Å²) >= 11 is 5.97. The van der Waals surface area contributed by atoms with E-state index in [9.17, 15) is 18.8 Å². The Morgan fingerprint density at radius 2 is 2.03 bits per heavy atom. The van der Waals surface area contributed by atoms with Crippen LogP contribution in [0.3, 0.4) is 0 Å². The van der Waals surface area contributed by atoms with Crippen molar-refractivity contribution in [3.05, 3.63) is 53.3 Å². The predicted molar refractivity (Wildman–Crippen MR) is 119 cm³/mol. The van der Waals surface area contributed by atoms with E-state index in [0.717, 1.165) is 6.07 Å². The van der Waals surface area contributed by atoms with E-state index in [2.05, 4.69) is 10.6 Å². The third kappa shape index (κ3) is 5.21. The number of rotatable bonds is 5. The summed E-state index contributed by atoms with van der Waals surface area (Å²) in [6, 6.07) is 9.81. The molecule has 3 amide bonds. The quantitative estimate of drug-likeness (QED) is 0.736. The SMILES string of the molecule is C[C@H](C(=O)Nc1ccc(F)cc1Cl)N(C)CC(=O)N1c2ccccc2NC(=O)C[C@@H]1C. The van der Waals surface area contributed by atoms with Gasteiger partial charge in [-0.3, -0.25) is 19.3 Å². The molecule has 2 aromatic rings. The molecule has 0 unspecified atom stereocenters. The molecule has 9 heteroatoms. The first-order valence-corrected chi connectivity index (χ1v) is 10.2. The number of likely N-dealkylation sites (N-methyl/N-ethyl adjacent to an activating group) is 1. The summed E-state index contributed by atoms with van der Waals surface area (Å²) in [6.45, 7) is 3.43. The summed E-state index contributed by atoms with van der Waals surface area (Å²) in [7, 11) is 1.66. The van der Waals surface area contributed by atoms with Crippen molar-refractivity contribution in [3.63, 3.8) is 0 Å². The minimum Gasteiger partial charge on any atom is -0.324 e. The molecule has 0 saturated heterocycles. The van der Waals surface area contributed by atoms with Crippen molar-refractivity contribution in [2.45, 2.75) is 32.4 Å². The Morgan fingerprint density at radius 1 is 1.32 bits per heavy atom. The van der Waals surface area contributed by atoms with E-state index in [0.29, 0.717) is 17.1 Å². The monoisotopic (exact) mass is 446 g/mol. The van der Waals surface area contributed by atoms with E-state index in [1.165, 1.54) is 12.1 Å². The van der Waals surface area contributed by atoms with Crippen molar-refractivity contribution in [1.82, 2.24) is 4.90 Å². The summed E-state index contributed by atoms with van der Waals surface area (Å²) in [6.07, 6.45) is 0.170. The van der Waals surface area contributed by atoms with Gasteiger partial charge >= 0.3 is 0 Å². The number of nitrogens with zero attached hydrogens (tertiary/aromatic N) is 2. The molecule has 1 aliphatic rings. The average Bonchev–Trinajstić information content (AvgIpc) is 2.83. The van der Waals surface area contributed by atoms with Gasteiger partial charge in [-0.05, 0) is 51.2 Å². The Balaban J connectivity index is 1.71. The smallest absolute Gasteiger partial charge is 0.241 e. The predicted octanol–water partition coefficient (Wildman–Crippen LogP) is 3.50. The summed E-state index contributed by atoms with van der Waals surface area (Å²) in [5, 5.41) is 5.56. The van der Waals surface area contributed by atoms with E-state index in [1.807, 2.05) is 6.92 Å². The van der Waals surface area contributed by atoms with E-state index in [-0.39, 0.29) is 41.8 Å². The second kappa shape index (κ2) is 9.45. The largest absolute Gasteiger partial charge is 0.324 e. The van der Waals surface area contributed by atoms with Gasteiger partial charge in [-0.25, -0.2) is 4.39 Å². The molecule has 2 atom stereocenters. The summed E-state index contributed by atoms with van der Waals surface area (Å²) in [5.41, 5.74) is 1.48. The van der Waals surface area contributed by atoms with Gasteiger partial charge in [0.1, 0.15) is 5.82 Å². The van der Waals surface area contributed by atoms with Crippen LogP contribution >= 0.6 is 11.6 Å². The molecule has 0 fully saturated rings. The number of benzene rings is 2. The third-order valence-corrected chi connectivity index (χ3v) is 5.55. The molecule has 1 aliphatic heterocycles.